The van der Waals surface area contributed by atoms with Crippen molar-refractivity contribution >= 4 is 5.91 Å². The number of hydrogen-bond donors (Lipinski definition) is 1. The minimum absolute atomic E-state index is 0.236. The number of rotatable bonds is 5. The molecule has 2 aliphatic rings. The Bertz CT molecular complexity index is 558. The molecular formula is C20H31N3O. The molecule has 1 amide bonds. The van der Waals surface area contributed by atoms with Crippen LogP contribution in [0.5, 0.6) is 0 Å². The molecule has 3 rings (SSSR count). The molecule has 4 heteroatoms. The third-order valence-electron chi connectivity index (χ3n) is 5.77. The summed E-state index contributed by atoms with van der Waals surface area (Å²) in [4.78, 5) is 17.8. The van der Waals surface area contributed by atoms with E-state index in [1.54, 1.807) is 0 Å². The molecule has 132 valence electrons. The number of hydrogen-bond acceptors (Lipinski definition) is 3. The van der Waals surface area contributed by atoms with E-state index in [1.807, 2.05) is 0 Å². The van der Waals surface area contributed by atoms with Gasteiger partial charge in [0.05, 0.1) is 5.41 Å². The molecule has 1 saturated heterocycles. The van der Waals surface area contributed by atoms with Crippen LogP contribution in [0.3, 0.4) is 0 Å². The first-order valence-electron chi connectivity index (χ1n) is 9.36. The van der Waals surface area contributed by atoms with Gasteiger partial charge < -0.3 is 10.2 Å². The summed E-state index contributed by atoms with van der Waals surface area (Å²) in [6.45, 7) is 8.30. The normalized spacial score (nSPS) is 21.8. The van der Waals surface area contributed by atoms with Gasteiger partial charge in [0.2, 0.25) is 5.91 Å². The predicted octanol–water partition coefficient (Wildman–Crippen LogP) is 2.17. The van der Waals surface area contributed by atoms with Crippen LogP contribution < -0.4 is 5.32 Å². The number of carbonyl (C=O) groups excluding carboxylic acids is 1. The summed E-state index contributed by atoms with van der Waals surface area (Å²) in [5.74, 6) is 0.236. The maximum atomic E-state index is 13.0. The molecule has 0 atom stereocenters. The van der Waals surface area contributed by atoms with Crippen LogP contribution in [-0.4, -0.2) is 62.0 Å². The number of amides is 1. The molecule has 2 fully saturated rings. The molecule has 4 nitrogen and oxygen atoms in total. The second-order valence-electron chi connectivity index (χ2n) is 7.56. The van der Waals surface area contributed by atoms with Crippen molar-refractivity contribution in [3.63, 3.8) is 0 Å². The van der Waals surface area contributed by atoms with Crippen molar-refractivity contribution in [1.82, 2.24) is 15.1 Å². The Hall–Kier alpha value is -1.39. The van der Waals surface area contributed by atoms with E-state index in [9.17, 15) is 4.79 Å². The average Bonchev–Trinajstić information content (AvgIpc) is 3.08. The van der Waals surface area contributed by atoms with Crippen molar-refractivity contribution in [1.29, 1.82) is 0 Å². The zero-order valence-corrected chi connectivity index (χ0v) is 15.2. The van der Waals surface area contributed by atoms with Gasteiger partial charge in [0.15, 0.2) is 0 Å². The van der Waals surface area contributed by atoms with Crippen LogP contribution in [0.25, 0.3) is 0 Å². The van der Waals surface area contributed by atoms with Crippen LogP contribution in [0.15, 0.2) is 24.3 Å². The van der Waals surface area contributed by atoms with Gasteiger partial charge in [-0.2, -0.15) is 0 Å². The lowest BCUT2D eigenvalue weighted by Gasteiger charge is -2.33. The second-order valence-corrected chi connectivity index (χ2v) is 7.56. The number of carbonyl (C=O) groups is 1. The number of likely N-dealkylation sites (N-methyl/N-ethyl adjacent to an activating group) is 1. The van der Waals surface area contributed by atoms with Gasteiger partial charge in [-0.3, -0.25) is 9.69 Å². The molecule has 1 heterocycles. The molecule has 0 bridgehead atoms. The van der Waals surface area contributed by atoms with Gasteiger partial charge in [0, 0.05) is 39.3 Å². The summed E-state index contributed by atoms with van der Waals surface area (Å²) in [6, 6.07) is 8.53. The average molecular weight is 329 g/mol. The first-order chi connectivity index (χ1) is 11.6. The van der Waals surface area contributed by atoms with Crippen molar-refractivity contribution in [3.05, 3.63) is 35.4 Å². The number of nitrogens with zero attached hydrogens (tertiary/aromatic N) is 2. The maximum absolute atomic E-state index is 13.0. The topological polar surface area (TPSA) is 35.6 Å². The smallest absolute Gasteiger partial charge is 0.230 e. The number of aryl methyl sites for hydroxylation is 1. The predicted molar refractivity (Wildman–Crippen MR) is 98.3 cm³/mol. The van der Waals surface area contributed by atoms with Gasteiger partial charge in [0.25, 0.3) is 0 Å². The van der Waals surface area contributed by atoms with Crippen LogP contribution in [0.2, 0.25) is 0 Å². The molecule has 1 aromatic rings. The Morgan fingerprint density at radius 1 is 1.17 bits per heavy atom. The molecular weight excluding hydrogens is 298 g/mol. The highest BCUT2D eigenvalue weighted by Gasteiger charge is 2.42. The van der Waals surface area contributed by atoms with Crippen LogP contribution in [0.4, 0.5) is 0 Å². The molecule has 24 heavy (non-hydrogen) atoms. The van der Waals surface area contributed by atoms with Crippen molar-refractivity contribution in [2.24, 2.45) is 0 Å². The Kier molecular flexibility index (Phi) is 5.57. The van der Waals surface area contributed by atoms with E-state index in [4.69, 9.17) is 0 Å². The van der Waals surface area contributed by atoms with E-state index < -0.39 is 0 Å². The number of nitrogens with one attached hydrogen (secondary N) is 1. The van der Waals surface area contributed by atoms with Gasteiger partial charge in [-0.15, -0.1) is 0 Å². The van der Waals surface area contributed by atoms with E-state index >= 15 is 0 Å². The van der Waals surface area contributed by atoms with Crippen LogP contribution in [0, 0.1) is 6.92 Å². The largest absolute Gasteiger partial charge is 0.354 e. The Morgan fingerprint density at radius 2 is 1.88 bits per heavy atom. The highest BCUT2D eigenvalue weighted by molar-refractivity contribution is 5.88. The Morgan fingerprint density at radius 3 is 2.54 bits per heavy atom. The Balaban J connectivity index is 1.59. The maximum Gasteiger partial charge on any atom is 0.230 e. The summed E-state index contributed by atoms with van der Waals surface area (Å²) in [7, 11) is 2.17. The van der Waals surface area contributed by atoms with Gasteiger partial charge in [-0.25, -0.2) is 0 Å². The first-order valence-corrected chi connectivity index (χ1v) is 9.36. The fourth-order valence-electron chi connectivity index (χ4n) is 4.14. The number of piperazine rings is 1. The number of benzene rings is 1. The van der Waals surface area contributed by atoms with E-state index in [-0.39, 0.29) is 11.3 Å². The molecule has 0 unspecified atom stereocenters. The molecule has 0 spiro atoms. The lowest BCUT2D eigenvalue weighted by molar-refractivity contribution is -0.126. The quantitative estimate of drug-likeness (QED) is 0.899. The van der Waals surface area contributed by atoms with E-state index in [0.29, 0.717) is 0 Å². The molecule has 1 aliphatic heterocycles. The molecule has 1 aliphatic carbocycles. The summed E-state index contributed by atoms with van der Waals surface area (Å²) in [5.41, 5.74) is 2.15. The minimum atomic E-state index is -0.297. The summed E-state index contributed by atoms with van der Waals surface area (Å²) >= 11 is 0. The van der Waals surface area contributed by atoms with E-state index in [1.165, 1.54) is 11.1 Å². The SMILES string of the molecule is Cc1cccc(C2(C(=O)NCCN3CCN(C)CC3)CCCC2)c1. The summed E-state index contributed by atoms with van der Waals surface area (Å²) in [5, 5.41) is 3.25. The lowest BCUT2D eigenvalue weighted by Crippen LogP contribution is -2.49. The van der Waals surface area contributed by atoms with Crippen molar-refractivity contribution in [2.75, 3.05) is 46.3 Å². The van der Waals surface area contributed by atoms with Crippen molar-refractivity contribution < 1.29 is 4.79 Å². The highest BCUT2D eigenvalue weighted by atomic mass is 16.2. The minimum Gasteiger partial charge on any atom is -0.354 e. The fraction of sp³-hybridized carbons (Fsp3) is 0.650. The monoisotopic (exact) mass is 329 g/mol. The van der Waals surface area contributed by atoms with Gasteiger partial charge in [0.1, 0.15) is 0 Å². The standard InChI is InChI=1S/C20H31N3O/c1-17-6-5-7-18(16-17)20(8-3-4-9-20)19(24)21-10-11-23-14-12-22(2)13-15-23/h5-7,16H,3-4,8-15H2,1-2H3,(H,21,24). The van der Waals surface area contributed by atoms with E-state index in [0.717, 1.165) is 65.0 Å². The highest BCUT2D eigenvalue weighted by Crippen LogP contribution is 2.41. The lowest BCUT2D eigenvalue weighted by atomic mass is 9.77. The third kappa shape index (κ3) is 3.81. The zero-order valence-electron chi connectivity index (χ0n) is 15.2. The van der Waals surface area contributed by atoms with Crippen LogP contribution in [-0.2, 0) is 10.2 Å². The summed E-state index contributed by atoms with van der Waals surface area (Å²) < 4.78 is 0. The van der Waals surface area contributed by atoms with Gasteiger partial charge >= 0.3 is 0 Å². The van der Waals surface area contributed by atoms with Crippen molar-refractivity contribution in [3.8, 4) is 0 Å². The molecule has 1 saturated carbocycles. The fourth-order valence-corrected chi connectivity index (χ4v) is 4.14. The second kappa shape index (κ2) is 7.66. The third-order valence-corrected chi connectivity index (χ3v) is 5.77. The van der Waals surface area contributed by atoms with E-state index in [2.05, 4.69) is 53.4 Å². The molecule has 1 aromatic carbocycles. The van der Waals surface area contributed by atoms with Gasteiger partial charge in [-0.05, 0) is 32.4 Å². The van der Waals surface area contributed by atoms with Crippen LogP contribution in [0.1, 0.15) is 36.8 Å². The van der Waals surface area contributed by atoms with Crippen molar-refractivity contribution in [2.45, 2.75) is 38.0 Å². The molecule has 0 radical (unpaired) electrons. The van der Waals surface area contributed by atoms with Crippen LogP contribution >= 0.6 is 0 Å². The Labute approximate surface area is 146 Å². The van der Waals surface area contributed by atoms with Gasteiger partial charge in [-0.1, -0.05) is 42.7 Å². The molecule has 1 N–H and O–H groups in total. The zero-order chi connectivity index (χ0) is 17.0. The molecule has 0 aromatic heterocycles. The first kappa shape index (κ1) is 17.4. The summed E-state index contributed by atoms with van der Waals surface area (Å²) in [6.07, 6.45) is 4.27.